The number of ether oxygens (including phenoxy) is 2. The van der Waals surface area contributed by atoms with Crippen molar-refractivity contribution in [2.75, 3.05) is 40.3 Å². The van der Waals surface area contributed by atoms with Gasteiger partial charge in [-0.05, 0) is 50.2 Å². The molecule has 0 bridgehead atoms. The van der Waals surface area contributed by atoms with E-state index in [9.17, 15) is 9.59 Å². The topological polar surface area (TPSA) is 71.1 Å². The highest BCUT2D eigenvalue weighted by Crippen LogP contribution is 2.15. The molecule has 0 fully saturated rings. The highest BCUT2D eigenvalue weighted by molar-refractivity contribution is 5.86. The largest absolute Gasteiger partial charge is 0.492 e. The van der Waals surface area contributed by atoms with Crippen molar-refractivity contribution >= 4 is 12.0 Å². The predicted octanol–water partition coefficient (Wildman–Crippen LogP) is 4.11. The summed E-state index contributed by atoms with van der Waals surface area (Å²) >= 11 is 0. The number of benzene rings is 2. The van der Waals surface area contributed by atoms with E-state index in [0.29, 0.717) is 26.1 Å². The Kier molecular flexibility index (Phi) is 12.0. The van der Waals surface area contributed by atoms with Crippen LogP contribution in [-0.2, 0) is 22.6 Å². The molecule has 0 saturated carbocycles. The second-order valence-corrected chi connectivity index (χ2v) is 8.58. The Labute approximate surface area is 204 Å². The molecule has 0 spiro atoms. The summed E-state index contributed by atoms with van der Waals surface area (Å²) in [6.07, 6.45) is 1.49. The van der Waals surface area contributed by atoms with E-state index in [1.807, 2.05) is 87.4 Å². The number of nitrogens with one attached hydrogen (secondary N) is 1. The SMILES string of the molecule is CCCN(CCC)C(=O)[C@H](Cc1ccc(OCCN(C)C)cc1)NC(=O)OCc1ccccc1. The lowest BCUT2D eigenvalue weighted by molar-refractivity contribution is -0.133. The van der Waals surface area contributed by atoms with Crippen molar-refractivity contribution in [3.63, 3.8) is 0 Å². The Balaban J connectivity index is 2.06. The number of amides is 2. The van der Waals surface area contributed by atoms with Crippen LogP contribution in [0.2, 0.25) is 0 Å². The van der Waals surface area contributed by atoms with E-state index in [1.54, 1.807) is 0 Å². The molecule has 2 rings (SSSR count). The molecule has 0 unspecified atom stereocenters. The molecule has 0 saturated heterocycles. The van der Waals surface area contributed by atoms with Gasteiger partial charge in [0.1, 0.15) is 25.0 Å². The number of rotatable bonds is 14. The van der Waals surface area contributed by atoms with Gasteiger partial charge >= 0.3 is 6.09 Å². The number of likely N-dealkylation sites (N-methyl/N-ethyl adjacent to an activating group) is 1. The van der Waals surface area contributed by atoms with Gasteiger partial charge < -0.3 is 24.6 Å². The Bertz CT molecular complexity index is 850. The first-order chi connectivity index (χ1) is 16.4. The fourth-order valence-corrected chi connectivity index (χ4v) is 3.50. The molecule has 0 aliphatic rings. The first-order valence-corrected chi connectivity index (χ1v) is 12.0. The van der Waals surface area contributed by atoms with Crippen molar-refractivity contribution in [2.45, 2.75) is 45.8 Å². The van der Waals surface area contributed by atoms with Crippen molar-refractivity contribution in [1.82, 2.24) is 15.1 Å². The van der Waals surface area contributed by atoms with Gasteiger partial charge in [-0.2, -0.15) is 0 Å². The van der Waals surface area contributed by atoms with E-state index in [-0.39, 0.29) is 12.5 Å². The lowest BCUT2D eigenvalue weighted by Gasteiger charge is -2.27. The predicted molar refractivity (Wildman–Crippen MR) is 135 cm³/mol. The average Bonchev–Trinajstić information content (AvgIpc) is 2.83. The van der Waals surface area contributed by atoms with Gasteiger partial charge in [0.25, 0.3) is 0 Å². The van der Waals surface area contributed by atoms with Crippen molar-refractivity contribution < 1.29 is 19.1 Å². The second kappa shape index (κ2) is 15.0. The summed E-state index contributed by atoms with van der Waals surface area (Å²) < 4.78 is 11.1. The fourth-order valence-electron chi connectivity index (χ4n) is 3.50. The highest BCUT2D eigenvalue weighted by Gasteiger charge is 2.26. The number of carbonyl (C=O) groups is 2. The lowest BCUT2D eigenvalue weighted by atomic mass is 10.0. The molecule has 1 N–H and O–H groups in total. The monoisotopic (exact) mass is 469 g/mol. The van der Waals surface area contributed by atoms with E-state index in [0.717, 1.165) is 36.3 Å². The number of hydrogen-bond acceptors (Lipinski definition) is 5. The maximum Gasteiger partial charge on any atom is 0.408 e. The first kappa shape index (κ1) is 27.2. The van der Waals surface area contributed by atoms with E-state index in [1.165, 1.54) is 0 Å². The standard InChI is InChI=1S/C27H39N3O4/c1-5-16-30(17-6-2)26(31)25(28-27(32)34-21-23-10-8-7-9-11-23)20-22-12-14-24(15-13-22)33-19-18-29(3)4/h7-15,25H,5-6,16-21H2,1-4H3,(H,28,32)/t25-/m0/s1. The van der Waals surface area contributed by atoms with Gasteiger partial charge in [-0.1, -0.05) is 56.3 Å². The van der Waals surface area contributed by atoms with E-state index < -0.39 is 12.1 Å². The van der Waals surface area contributed by atoms with Gasteiger partial charge in [0.2, 0.25) is 5.91 Å². The minimum absolute atomic E-state index is 0.0910. The molecule has 2 amide bonds. The van der Waals surface area contributed by atoms with Gasteiger partial charge in [-0.3, -0.25) is 4.79 Å². The minimum Gasteiger partial charge on any atom is -0.492 e. The zero-order valence-corrected chi connectivity index (χ0v) is 21.0. The van der Waals surface area contributed by atoms with Crippen LogP contribution in [0.5, 0.6) is 5.75 Å². The molecule has 7 heteroatoms. The van der Waals surface area contributed by atoms with Crippen LogP contribution in [0.25, 0.3) is 0 Å². The Morgan fingerprint density at radius 2 is 1.53 bits per heavy atom. The van der Waals surface area contributed by atoms with Crippen LogP contribution in [0.1, 0.15) is 37.8 Å². The average molecular weight is 470 g/mol. The van der Waals surface area contributed by atoms with E-state index in [4.69, 9.17) is 9.47 Å². The minimum atomic E-state index is -0.707. The highest BCUT2D eigenvalue weighted by atomic mass is 16.5. The zero-order chi connectivity index (χ0) is 24.8. The van der Waals surface area contributed by atoms with Crippen molar-refractivity contribution in [3.8, 4) is 5.75 Å². The fraction of sp³-hybridized carbons (Fsp3) is 0.481. The first-order valence-electron chi connectivity index (χ1n) is 12.0. The van der Waals surface area contributed by atoms with Crippen LogP contribution in [0.4, 0.5) is 4.79 Å². The molecule has 0 heterocycles. The van der Waals surface area contributed by atoms with Gasteiger partial charge in [0.15, 0.2) is 0 Å². The number of alkyl carbamates (subject to hydrolysis) is 1. The summed E-state index contributed by atoms with van der Waals surface area (Å²) in [5.41, 5.74) is 1.83. The summed E-state index contributed by atoms with van der Waals surface area (Å²) in [6, 6.07) is 16.4. The van der Waals surface area contributed by atoms with Crippen LogP contribution in [0.15, 0.2) is 54.6 Å². The van der Waals surface area contributed by atoms with Crippen LogP contribution in [-0.4, -0.2) is 68.2 Å². The van der Waals surface area contributed by atoms with Crippen molar-refractivity contribution in [2.24, 2.45) is 0 Å². The summed E-state index contributed by atoms with van der Waals surface area (Å²) in [7, 11) is 4.00. The van der Waals surface area contributed by atoms with Gasteiger partial charge in [0, 0.05) is 26.1 Å². The van der Waals surface area contributed by atoms with Gasteiger partial charge in [0.05, 0.1) is 0 Å². The summed E-state index contributed by atoms with van der Waals surface area (Å²) in [6.45, 7) is 6.98. The third-order valence-corrected chi connectivity index (χ3v) is 5.27. The summed E-state index contributed by atoms with van der Waals surface area (Å²) in [5, 5.41) is 2.81. The van der Waals surface area contributed by atoms with Crippen molar-refractivity contribution in [3.05, 3.63) is 65.7 Å². The van der Waals surface area contributed by atoms with Crippen molar-refractivity contribution in [1.29, 1.82) is 0 Å². The quantitative estimate of drug-likeness (QED) is 0.451. The molecule has 1 atom stereocenters. The van der Waals surface area contributed by atoms with Gasteiger partial charge in [-0.25, -0.2) is 4.79 Å². The molecular weight excluding hydrogens is 430 g/mol. The second-order valence-electron chi connectivity index (χ2n) is 8.58. The Hall–Kier alpha value is -3.06. The maximum atomic E-state index is 13.3. The third kappa shape index (κ3) is 9.83. The molecule has 0 aliphatic heterocycles. The van der Waals surface area contributed by atoms with Crippen LogP contribution >= 0.6 is 0 Å². The molecule has 0 aliphatic carbocycles. The maximum absolute atomic E-state index is 13.3. The summed E-state index contributed by atoms with van der Waals surface area (Å²) in [5.74, 6) is 0.689. The Morgan fingerprint density at radius 3 is 2.12 bits per heavy atom. The summed E-state index contributed by atoms with van der Waals surface area (Å²) in [4.78, 5) is 29.8. The molecule has 186 valence electrons. The third-order valence-electron chi connectivity index (χ3n) is 5.27. The molecule has 34 heavy (non-hydrogen) atoms. The molecule has 2 aromatic carbocycles. The molecular formula is C27H39N3O4. The normalized spacial score (nSPS) is 11.7. The van der Waals surface area contributed by atoms with Crippen LogP contribution in [0.3, 0.4) is 0 Å². The van der Waals surface area contributed by atoms with E-state index in [2.05, 4.69) is 10.2 Å². The molecule has 0 radical (unpaired) electrons. The van der Waals surface area contributed by atoms with Gasteiger partial charge in [-0.15, -0.1) is 0 Å². The number of hydrogen-bond donors (Lipinski definition) is 1. The Morgan fingerprint density at radius 1 is 0.882 bits per heavy atom. The zero-order valence-electron chi connectivity index (χ0n) is 21.0. The molecule has 0 aromatic heterocycles. The van der Waals surface area contributed by atoms with E-state index >= 15 is 0 Å². The molecule has 2 aromatic rings. The smallest absolute Gasteiger partial charge is 0.408 e. The number of nitrogens with zero attached hydrogens (tertiary/aromatic N) is 2. The lowest BCUT2D eigenvalue weighted by Crippen LogP contribution is -2.50. The van der Waals surface area contributed by atoms with Crippen LogP contribution < -0.4 is 10.1 Å². The van der Waals surface area contributed by atoms with Crippen LogP contribution in [0, 0.1) is 0 Å². The number of carbonyl (C=O) groups excluding carboxylic acids is 2. The molecule has 7 nitrogen and oxygen atoms in total.